The fourth-order valence-electron chi connectivity index (χ4n) is 3.16. The van der Waals surface area contributed by atoms with Gasteiger partial charge in [-0.3, -0.25) is 4.79 Å². The van der Waals surface area contributed by atoms with Gasteiger partial charge in [0.1, 0.15) is 0 Å². The van der Waals surface area contributed by atoms with Gasteiger partial charge in [0, 0.05) is 17.8 Å². The number of thiophene rings is 1. The number of hydrogen-bond donors (Lipinski definition) is 0. The zero-order valence-electron chi connectivity index (χ0n) is 13.3. The molecule has 0 N–H and O–H groups in total. The van der Waals surface area contributed by atoms with E-state index < -0.39 is 0 Å². The second kappa shape index (κ2) is 6.66. The van der Waals surface area contributed by atoms with Crippen molar-refractivity contribution < 1.29 is 4.79 Å². The monoisotopic (exact) mass is 313 g/mol. The molecule has 1 aliphatic heterocycles. The summed E-state index contributed by atoms with van der Waals surface area (Å²) >= 11 is 1.82. The van der Waals surface area contributed by atoms with Crippen molar-refractivity contribution >= 4 is 17.2 Å². The van der Waals surface area contributed by atoms with E-state index in [0.29, 0.717) is 12.3 Å². The van der Waals surface area contributed by atoms with Crippen LogP contribution in [0, 0.1) is 6.92 Å². The molecule has 3 rings (SSSR count). The normalized spacial score (nSPS) is 17.4. The summed E-state index contributed by atoms with van der Waals surface area (Å²) in [4.78, 5) is 16.2. The van der Waals surface area contributed by atoms with Crippen LogP contribution in [0.4, 0.5) is 0 Å². The average Bonchev–Trinajstić information content (AvgIpc) is 3.01. The van der Waals surface area contributed by atoms with Gasteiger partial charge in [0.15, 0.2) is 0 Å². The van der Waals surface area contributed by atoms with E-state index in [1.165, 1.54) is 21.6 Å². The molecule has 0 fully saturated rings. The van der Waals surface area contributed by atoms with E-state index in [0.717, 1.165) is 25.8 Å². The highest BCUT2D eigenvalue weighted by atomic mass is 32.1. The summed E-state index contributed by atoms with van der Waals surface area (Å²) < 4.78 is 0. The minimum atomic E-state index is 0.0972. The number of unbranched alkanes of at least 4 members (excludes halogenated alkanes) is 1. The predicted octanol–water partition coefficient (Wildman–Crippen LogP) is 4.72. The Morgan fingerprint density at radius 3 is 2.77 bits per heavy atom. The third-order valence-electron chi connectivity index (χ3n) is 4.42. The van der Waals surface area contributed by atoms with Crippen molar-refractivity contribution in [2.75, 3.05) is 6.54 Å². The van der Waals surface area contributed by atoms with Crippen LogP contribution in [0.1, 0.15) is 53.8 Å². The van der Waals surface area contributed by atoms with E-state index >= 15 is 0 Å². The van der Waals surface area contributed by atoms with E-state index in [2.05, 4.69) is 54.5 Å². The molecule has 1 amide bonds. The van der Waals surface area contributed by atoms with Gasteiger partial charge in [0.25, 0.3) is 0 Å². The van der Waals surface area contributed by atoms with Crippen molar-refractivity contribution in [2.45, 2.75) is 45.6 Å². The van der Waals surface area contributed by atoms with Gasteiger partial charge in [-0.25, -0.2) is 0 Å². The summed E-state index contributed by atoms with van der Waals surface area (Å²) in [6.45, 7) is 5.08. The largest absolute Gasteiger partial charge is 0.331 e. The second-order valence-electron chi connectivity index (χ2n) is 6.05. The lowest BCUT2D eigenvalue weighted by molar-refractivity contribution is -0.133. The number of hydrogen-bond acceptors (Lipinski definition) is 2. The first-order valence-electron chi connectivity index (χ1n) is 8.13. The lowest BCUT2D eigenvalue weighted by Crippen LogP contribution is -2.39. The molecule has 0 spiro atoms. The summed E-state index contributed by atoms with van der Waals surface area (Å²) in [7, 11) is 0. The van der Waals surface area contributed by atoms with Gasteiger partial charge in [-0.1, -0.05) is 43.2 Å². The third-order valence-corrected chi connectivity index (χ3v) is 5.42. The molecule has 1 aromatic heterocycles. The molecule has 2 heterocycles. The van der Waals surface area contributed by atoms with Crippen LogP contribution in [0.25, 0.3) is 0 Å². The maximum atomic E-state index is 12.7. The number of aryl methyl sites for hydroxylation is 1. The molecule has 0 bridgehead atoms. The molecule has 0 radical (unpaired) electrons. The van der Waals surface area contributed by atoms with E-state index in [4.69, 9.17) is 0 Å². The number of carbonyl (C=O) groups excluding carboxylic acids is 1. The number of rotatable bonds is 4. The quantitative estimate of drug-likeness (QED) is 0.799. The van der Waals surface area contributed by atoms with Crippen LogP contribution >= 0.6 is 11.3 Å². The Kier molecular flexibility index (Phi) is 4.63. The molecule has 1 aliphatic rings. The second-order valence-corrected chi connectivity index (χ2v) is 7.05. The highest BCUT2D eigenvalue weighted by Crippen LogP contribution is 2.38. The van der Waals surface area contributed by atoms with Crippen LogP contribution in [0.15, 0.2) is 35.7 Å². The van der Waals surface area contributed by atoms with E-state index in [1.54, 1.807) is 0 Å². The summed E-state index contributed by atoms with van der Waals surface area (Å²) in [5.74, 6) is 0.296. The summed E-state index contributed by atoms with van der Waals surface area (Å²) in [5.41, 5.74) is 3.81. The Bertz CT molecular complexity index is 644. The highest BCUT2D eigenvalue weighted by Gasteiger charge is 2.32. The topological polar surface area (TPSA) is 20.3 Å². The smallest absolute Gasteiger partial charge is 0.223 e. The zero-order valence-corrected chi connectivity index (χ0v) is 14.2. The molecule has 116 valence electrons. The SMILES string of the molecule is CCCCC(=O)N1CCc2sccc2[C@H]1c1ccc(C)cc1. The van der Waals surface area contributed by atoms with Gasteiger partial charge in [-0.05, 0) is 42.3 Å². The number of carbonyl (C=O) groups is 1. The van der Waals surface area contributed by atoms with Gasteiger partial charge in [-0.15, -0.1) is 11.3 Å². The first-order chi connectivity index (χ1) is 10.7. The fourth-order valence-corrected chi connectivity index (χ4v) is 4.07. The van der Waals surface area contributed by atoms with Crippen molar-refractivity contribution in [3.05, 3.63) is 57.3 Å². The molecule has 0 aliphatic carbocycles. The first kappa shape index (κ1) is 15.3. The van der Waals surface area contributed by atoms with Crippen molar-refractivity contribution in [3.63, 3.8) is 0 Å². The molecule has 2 nitrogen and oxygen atoms in total. The van der Waals surface area contributed by atoms with Crippen molar-refractivity contribution in [1.82, 2.24) is 4.90 Å². The molecular weight excluding hydrogens is 290 g/mol. The molecule has 0 saturated carbocycles. The van der Waals surface area contributed by atoms with Crippen LogP contribution in [-0.2, 0) is 11.2 Å². The molecule has 3 heteroatoms. The molecular formula is C19H23NOS. The summed E-state index contributed by atoms with van der Waals surface area (Å²) in [6.07, 6.45) is 3.70. The number of benzene rings is 1. The van der Waals surface area contributed by atoms with Gasteiger partial charge in [0.2, 0.25) is 5.91 Å². The highest BCUT2D eigenvalue weighted by molar-refractivity contribution is 7.10. The maximum absolute atomic E-state index is 12.7. The van der Waals surface area contributed by atoms with Crippen molar-refractivity contribution in [1.29, 1.82) is 0 Å². The Morgan fingerprint density at radius 1 is 1.27 bits per heavy atom. The number of nitrogens with zero attached hydrogens (tertiary/aromatic N) is 1. The fraction of sp³-hybridized carbons (Fsp3) is 0.421. The van der Waals surface area contributed by atoms with E-state index in [1.807, 2.05) is 11.3 Å². The molecule has 1 atom stereocenters. The minimum absolute atomic E-state index is 0.0972. The van der Waals surface area contributed by atoms with Crippen LogP contribution in [0.3, 0.4) is 0 Å². The molecule has 0 unspecified atom stereocenters. The zero-order chi connectivity index (χ0) is 15.5. The lowest BCUT2D eigenvalue weighted by Gasteiger charge is -2.36. The number of amides is 1. The average molecular weight is 313 g/mol. The van der Waals surface area contributed by atoms with Gasteiger partial charge in [0.05, 0.1) is 6.04 Å². The molecule has 2 aromatic rings. The summed E-state index contributed by atoms with van der Waals surface area (Å²) in [5, 5.41) is 2.16. The Morgan fingerprint density at radius 2 is 2.05 bits per heavy atom. The Labute approximate surface area is 136 Å². The van der Waals surface area contributed by atoms with E-state index in [9.17, 15) is 4.79 Å². The predicted molar refractivity (Wildman–Crippen MR) is 92.3 cm³/mol. The van der Waals surface area contributed by atoms with Gasteiger partial charge < -0.3 is 4.90 Å². The summed E-state index contributed by atoms with van der Waals surface area (Å²) in [6, 6.07) is 10.9. The van der Waals surface area contributed by atoms with Gasteiger partial charge >= 0.3 is 0 Å². The van der Waals surface area contributed by atoms with Crippen LogP contribution in [-0.4, -0.2) is 17.4 Å². The molecule has 22 heavy (non-hydrogen) atoms. The Balaban J connectivity index is 1.95. The third kappa shape index (κ3) is 2.95. The van der Waals surface area contributed by atoms with Crippen molar-refractivity contribution in [3.8, 4) is 0 Å². The van der Waals surface area contributed by atoms with Crippen LogP contribution < -0.4 is 0 Å². The standard InChI is InChI=1S/C19H23NOS/c1-3-4-5-18(21)20-12-10-17-16(11-13-22-17)19(20)15-8-6-14(2)7-9-15/h6-9,11,13,19H,3-5,10,12H2,1-2H3/t19-/m1/s1. The molecule has 1 aromatic carbocycles. The maximum Gasteiger partial charge on any atom is 0.223 e. The molecule has 0 saturated heterocycles. The van der Waals surface area contributed by atoms with Crippen molar-refractivity contribution in [2.24, 2.45) is 0 Å². The number of fused-ring (bicyclic) bond motifs is 1. The van der Waals surface area contributed by atoms with E-state index in [-0.39, 0.29) is 6.04 Å². The minimum Gasteiger partial charge on any atom is -0.331 e. The van der Waals surface area contributed by atoms with Crippen LogP contribution in [0.5, 0.6) is 0 Å². The van der Waals surface area contributed by atoms with Gasteiger partial charge in [-0.2, -0.15) is 0 Å². The first-order valence-corrected chi connectivity index (χ1v) is 9.01. The van der Waals surface area contributed by atoms with Crippen LogP contribution in [0.2, 0.25) is 0 Å². The Hall–Kier alpha value is -1.61. The lowest BCUT2D eigenvalue weighted by atomic mass is 9.92.